The lowest BCUT2D eigenvalue weighted by Gasteiger charge is -2.32. The van der Waals surface area contributed by atoms with Gasteiger partial charge in [0.05, 0.1) is 6.61 Å². The molecule has 126 valence electrons. The molecule has 0 spiro atoms. The molecule has 1 aromatic carbocycles. The summed E-state index contributed by atoms with van der Waals surface area (Å²) >= 11 is 0. The summed E-state index contributed by atoms with van der Waals surface area (Å²) in [4.78, 5) is 24.8. The summed E-state index contributed by atoms with van der Waals surface area (Å²) in [5, 5.41) is 9.20. The fourth-order valence-corrected chi connectivity index (χ4v) is 2.57. The van der Waals surface area contributed by atoms with Gasteiger partial charge in [0.25, 0.3) is 5.91 Å². The molecule has 1 amide bonds. The molecule has 1 saturated heterocycles. The second-order valence-corrected chi connectivity index (χ2v) is 5.55. The summed E-state index contributed by atoms with van der Waals surface area (Å²) in [6.07, 6.45) is 3.11. The Morgan fingerprint density at radius 3 is 2.43 bits per heavy atom. The third-order valence-electron chi connectivity index (χ3n) is 3.77. The van der Waals surface area contributed by atoms with Crippen molar-refractivity contribution in [2.75, 3.05) is 19.8 Å². The molecule has 0 bridgehead atoms. The number of carbonyl (C=O) groups is 2. The lowest BCUT2D eigenvalue weighted by Crippen LogP contribution is -2.49. The summed E-state index contributed by atoms with van der Waals surface area (Å²) in [6.45, 7) is 3.01. The Balaban J connectivity index is 1.86. The SMILES string of the molecule is CCCOc1ccc(OCC(=O)N2CCCC[C@@H]2C(=O)O)cc1. The van der Waals surface area contributed by atoms with Crippen molar-refractivity contribution in [1.29, 1.82) is 0 Å². The Hall–Kier alpha value is -2.24. The van der Waals surface area contributed by atoms with Crippen LogP contribution in [0.3, 0.4) is 0 Å². The Bertz CT molecular complexity index is 528. The standard InChI is InChI=1S/C17H23NO5/c1-2-11-22-13-6-8-14(9-7-13)23-12-16(19)18-10-4-3-5-15(18)17(20)21/h6-9,15H,2-5,10-12H2,1H3,(H,20,21)/t15-/m1/s1. The smallest absolute Gasteiger partial charge is 0.326 e. The zero-order chi connectivity index (χ0) is 16.7. The van der Waals surface area contributed by atoms with Crippen LogP contribution in [-0.2, 0) is 9.59 Å². The van der Waals surface area contributed by atoms with E-state index in [0.29, 0.717) is 25.3 Å². The van der Waals surface area contributed by atoms with Crippen molar-refractivity contribution in [2.24, 2.45) is 0 Å². The third-order valence-corrected chi connectivity index (χ3v) is 3.77. The lowest BCUT2D eigenvalue weighted by molar-refractivity contribution is -0.152. The van der Waals surface area contributed by atoms with Gasteiger partial charge in [0, 0.05) is 6.54 Å². The fraction of sp³-hybridized carbons (Fsp3) is 0.529. The number of carbonyl (C=O) groups excluding carboxylic acids is 1. The number of nitrogens with zero attached hydrogens (tertiary/aromatic N) is 1. The van der Waals surface area contributed by atoms with Gasteiger partial charge >= 0.3 is 5.97 Å². The Labute approximate surface area is 136 Å². The van der Waals surface area contributed by atoms with Gasteiger partial charge < -0.3 is 19.5 Å². The molecule has 1 aliphatic rings. The summed E-state index contributed by atoms with van der Waals surface area (Å²) < 4.78 is 10.9. The molecule has 0 aromatic heterocycles. The summed E-state index contributed by atoms with van der Waals surface area (Å²) in [5.41, 5.74) is 0. The van der Waals surface area contributed by atoms with Crippen LogP contribution in [0, 0.1) is 0 Å². The number of carboxylic acids is 1. The number of ether oxygens (including phenoxy) is 2. The number of hydrogen-bond donors (Lipinski definition) is 1. The molecule has 1 atom stereocenters. The van der Waals surface area contributed by atoms with Gasteiger partial charge in [-0.15, -0.1) is 0 Å². The first-order valence-corrected chi connectivity index (χ1v) is 7.99. The van der Waals surface area contributed by atoms with Crippen LogP contribution in [-0.4, -0.2) is 47.7 Å². The van der Waals surface area contributed by atoms with E-state index >= 15 is 0 Å². The minimum absolute atomic E-state index is 0.154. The van der Waals surface area contributed by atoms with E-state index in [-0.39, 0.29) is 12.5 Å². The van der Waals surface area contributed by atoms with Gasteiger partial charge in [-0.05, 0) is 49.9 Å². The molecule has 1 N–H and O–H groups in total. The second kappa shape index (κ2) is 8.41. The molecule has 0 saturated carbocycles. The van der Waals surface area contributed by atoms with Crippen molar-refractivity contribution in [3.05, 3.63) is 24.3 Å². The first-order valence-electron chi connectivity index (χ1n) is 7.99. The van der Waals surface area contributed by atoms with E-state index in [1.165, 1.54) is 4.90 Å². The quantitative estimate of drug-likeness (QED) is 0.834. The number of likely N-dealkylation sites (tertiary alicyclic amines) is 1. The van der Waals surface area contributed by atoms with E-state index in [4.69, 9.17) is 9.47 Å². The van der Waals surface area contributed by atoms with E-state index in [1.54, 1.807) is 24.3 Å². The van der Waals surface area contributed by atoms with Crippen molar-refractivity contribution in [2.45, 2.75) is 38.6 Å². The molecule has 1 aromatic rings. The Morgan fingerprint density at radius 2 is 1.83 bits per heavy atom. The molecule has 1 fully saturated rings. The van der Waals surface area contributed by atoms with Crippen LogP contribution >= 0.6 is 0 Å². The highest BCUT2D eigenvalue weighted by atomic mass is 16.5. The number of amides is 1. The molecule has 6 heteroatoms. The highest BCUT2D eigenvalue weighted by molar-refractivity contribution is 5.84. The summed E-state index contributed by atoms with van der Waals surface area (Å²) in [6, 6.07) is 6.32. The Kier molecular flexibility index (Phi) is 6.26. The van der Waals surface area contributed by atoms with Crippen LogP contribution < -0.4 is 9.47 Å². The number of carboxylic acid groups (broad SMARTS) is 1. The van der Waals surface area contributed by atoms with Crippen molar-refractivity contribution < 1.29 is 24.2 Å². The highest BCUT2D eigenvalue weighted by Crippen LogP contribution is 2.20. The van der Waals surface area contributed by atoms with E-state index in [0.717, 1.165) is 25.0 Å². The van der Waals surface area contributed by atoms with Crippen LogP contribution in [0.5, 0.6) is 11.5 Å². The molecule has 2 rings (SSSR count). The number of hydrogen-bond acceptors (Lipinski definition) is 4. The van der Waals surface area contributed by atoms with Gasteiger partial charge in [0.15, 0.2) is 6.61 Å². The number of aliphatic carboxylic acids is 1. The third kappa shape index (κ3) is 4.87. The van der Waals surface area contributed by atoms with E-state index < -0.39 is 12.0 Å². The second-order valence-electron chi connectivity index (χ2n) is 5.55. The molecular weight excluding hydrogens is 298 g/mol. The predicted octanol–water partition coefficient (Wildman–Crippen LogP) is 2.32. The fourth-order valence-electron chi connectivity index (χ4n) is 2.57. The number of rotatable bonds is 7. The molecule has 1 aliphatic heterocycles. The van der Waals surface area contributed by atoms with Crippen molar-refractivity contribution in [3.63, 3.8) is 0 Å². The minimum Gasteiger partial charge on any atom is -0.494 e. The normalized spacial score (nSPS) is 17.6. The predicted molar refractivity (Wildman–Crippen MR) is 84.7 cm³/mol. The van der Waals surface area contributed by atoms with E-state index in [2.05, 4.69) is 0 Å². The maximum absolute atomic E-state index is 12.2. The maximum atomic E-state index is 12.2. The molecule has 23 heavy (non-hydrogen) atoms. The summed E-state index contributed by atoms with van der Waals surface area (Å²) in [5.74, 6) is 0.0810. The van der Waals surface area contributed by atoms with Gasteiger partial charge in [0.2, 0.25) is 0 Å². The lowest BCUT2D eigenvalue weighted by atomic mass is 10.0. The Morgan fingerprint density at radius 1 is 1.17 bits per heavy atom. The van der Waals surface area contributed by atoms with Crippen molar-refractivity contribution >= 4 is 11.9 Å². The van der Waals surface area contributed by atoms with Crippen LogP contribution in [0.25, 0.3) is 0 Å². The summed E-state index contributed by atoms with van der Waals surface area (Å²) in [7, 11) is 0. The van der Waals surface area contributed by atoms with E-state index in [1.807, 2.05) is 6.92 Å². The van der Waals surface area contributed by atoms with Crippen LogP contribution in [0.2, 0.25) is 0 Å². The van der Waals surface area contributed by atoms with Gasteiger partial charge in [0.1, 0.15) is 17.5 Å². The van der Waals surface area contributed by atoms with E-state index in [9.17, 15) is 14.7 Å². The van der Waals surface area contributed by atoms with Gasteiger partial charge in [-0.1, -0.05) is 6.92 Å². The molecule has 0 aliphatic carbocycles. The van der Waals surface area contributed by atoms with Gasteiger partial charge in [-0.25, -0.2) is 4.79 Å². The van der Waals surface area contributed by atoms with Crippen LogP contribution in [0.4, 0.5) is 0 Å². The highest BCUT2D eigenvalue weighted by Gasteiger charge is 2.31. The average molecular weight is 321 g/mol. The van der Waals surface area contributed by atoms with Crippen LogP contribution in [0.15, 0.2) is 24.3 Å². The molecular formula is C17H23NO5. The first kappa shape index (κ1) is 17.1. The maximum Gasteiger partial charge on any atom is 0.326 e. The molecule has 0 radical (unpaired) electrons. The average Bonchev–Trinajstić information content (AvgIpc) is 2.58. The van der Waals surface area contributed by atoms with Crippen LogP contribution in [0.1, 0.15) is 32.6 Å². The van der Waals surface area contributed by atoms with Gasteiger partial charge in [-0.3, -0.25) is 4.79 Å². The van der Waals surface area contributed by atoms with Crippen molar-refractivity contribution in [3.8, 4) is 11.5 Å². The van der Waals surface area contributed by atoms with Gasteiger partial charge in [-0.2, -0.15) is 0 Å². The molecule has 1 heterocycles. The monoisotopic (exact) mass is 321 g/mol. The zero-order valence-corrected chi connectivity index (χ0v) is 13.4. The first-order chi connectivity index (χ1) is 11.1. The molecule has 6 nitrogen and oxygen atoms in total. The number of benzene rings is 1. The zero-order valence-electron chi connectivity index (χ0n) is 13.4. The minimum atomic E-state index is -0.949. The topological polar surface area (TPSA) is 76.1 Å². The molecule has 0 unspecified atom stereocenters. The van der Waals surface area contributed by atoms with Crippen molar-refractivity contribution in [1.82, 2.24) is 4.90 Å². The largest absolute Gasteiger partial charge is 0.494 e. The number of piperidine rings is 1.